The molecule has 1 aromatic carbocycles. The molecule has 3 amide bonds. The number of nitrogens with zero attached hydrogens (tertiary/aromatic N) is 4. The van der Waals surface area contributed by atoms with Gasteiger partial charge >= 0.3 is 12.0 Å². The first-order valence-electron chi connectivity index (χ1n) is 9.75. The van der Waals surface area contributed by atoms with E-state index in [1.165, 1.54) is 29.2 Å². The van der Waals surface area contributed by atoms with Crippen molar-refractivity contribution in [3.05, 3.63) is 35.9 Å². The monoisotopic (exact) mass is 416 g/mol. The molecule has 2 fully saturated rings. The summed E-state index contributed by atoms with van der Waals surface area (Å²) in [5.74, 6) is -1.20. The van der Waals surface area contributed by atoms with Gasteiger partial charge in [0.15, 0.2) is 6.61 Å². The third-order valence-electron chi connectivity index (χ3n) is 5.69. The number of amides is 3. The zero-order valence-corrected chi connectivity index (χ0v) is 16.5. The molecule has 0 bridgehead atoms. The lowest BCUT2D eigenvalue weighted by atomic mass is 9.81. The summed E-state index contributed by atoms with van der Waals surface area (Å²) in [5, 5.41) is 3.72. The summed E-state index contributed by atoms with van der Waals surface area (Å²) < 4.78 is 23.2. The quantitative estimate of drug-likeness (QED) is 0.545. The van der Waals surface area contributed by atoms with E-state index in [0.717, 1.165) is 24.2 Å². The van der Waals surface area contributed by atoms with Crippen LogP contribution < -0.4 is 0 Å². The zero-order valence-electron chi connectivity index (χ0n) is 16.5. The number of aromatic nitrogens is 2. The van der Waals surface area contributed by atoms with Crippen LogP contribution in [0.3, 0.4) is 0 Å². The Hall–Kier alpha value is -3.30. The van der Waals surface area contributed by atoms with Crippen molar-refractivity contribution in [2.24, 2.45) is 0 Å². The largest absolute Gasteiger partial charge is 0.456 e. The number of halogens is 1. The molecule has 158 valence electrons. The maximum atomic E-state index is 13.0. The number of hydrogen-bond donors (Lipinski definition) is 0. The summed E-state index contributed by atoms with van der Waals surface area (Å²) >= 11 is 0. The van der Waals surface area contributed by atoms with Gasteiger partial charge in [-0.1, -0.05) is 24.4 Å². The molecule has 1 aromatic heterocycles. The predicted molar refractivity (Wildman–Crippen MR) is 100 cm³/mol. The third kappa shape index (κ3) is 3.53. The van der Waals surface area contributed by atoms with Gasteiger partial charge in [0.05, 0.1) is 0 Å². The number of likely N-dealkylation sites (N-methyl/N-ethyl adjacent to an activating group) is 1. The maximum Gasteiger partial charge on any atom is 0.327 e. The molecule has 9 nitrogen and oxygen atoms in total. The summed E-state index contributed by atoms with van der Waals surface area (Å²) in [6.07, 6.45) is 3.98. The summed E-state index contributed by atoms with van der Waals surface area (Å²) in [6, 6.07) is 5.01. The van der Waals surface area contributed by atoms with E-state index >= 15 is 0 Å². The molecule has 1 spiro atoms. The van der Waals surface area contributed by atoms with Gasteiger partial charge in [0, 0.05) is 12.6 Å². The Labute approximate surface area is 171 Å². The van der Waals surface area contributed by atoms with Gasteiger partial charge in [-0.2, -0.15) is 4.98 Å². The highest BCUT2D eigenvalue weighted by atomic mass is 19.1. The molecule has 1 aliphatic heterocycles. The first-order chi connectivity index (χ1) is 14.4. The number of urea groups is 1. The SMILES string of the molecule is CN1C(=O)N(CC(=O)OCc2noc(-c3ccc(F)cc3)n2)C(=O)C12CCCCC2. The number of esters is 1. The fourth-order valence-corrected chi connectivity index (χ4v) is 4.01. The van der Waals surface area contributed by atoms with Crippen LogP contribution in [-0.2, 0) is 20.9 Å². The van der Waals surface area contributed by atoms with E-state index in [2.05, 4.69) is 10.1 Å². The van der Waals surface area contributed by atoms with Gasteiger partial charge < -0.3 is 14.2 Å². The molecule has 2 aliphatic rings. The number of carbonyl (C=O) groups excluding carboxylic acids is 3. The van der Waals surface area contributed by atoms with Crippen LogP contribution in [0.25, 0.3) is 11.5 Å². The Morgan fingerprint density at radius 3 is 2.60 bits per heavy atom. The van der Waals surface area contributed by atoms with Gasteiger partial charge in [-0.05, 0) is 37.1 Å². The van der Waals surface area contributed by atoms with Crippen molar-refractivity contribution in [1.29, 1.82) is 0 Å². The van der Waals surface area contributed by atoms with Crippen molar-refractivity contribution in [2.75, 3.05) is 13.6 Å². The van der Waals surface area contributed by atoms with E-state index in [1.54, 1.807) is 7.05 Å². The van der Waals surface area contributed by atoms with E-state index in [9.17, 15) is 18.8 Å². The molecule has 0 unspecified atom stereocenters. The molecule has 0 N–H and O–H groups in total. The van der Waals surface area contributed by atoms with E-state index in [4.69, 9.17) is 9.26 Å². The minimum atomic E-state index is -0.840. The van der Waals surface area contributed by atoms with Crippen LogP contribution in [0.15, 0.2) is 28.8 Å². The molecule has 1 saturated carbocycles. The predicted octanol–water partition coefficient (Wildman–Crippen LogP) is 2.52. The summed E-state index contributed by atoms with van der Waals surface area (Å²) in [6.45, 7) is -0.743. The van der Waals surface area contributed by atoms with E-state index in [0.29, 0.717) is 18.4 Å². The molecule has 0 radical (unpaired) electrons. The number of imide groups is 1. The lowest BCUT2D eigenvalue weighted by molar-refractivity contribution is -0.149. The summed E-state index contributed by atoms with van der Waals surface area (Å²) in [5.41, 5.74) is -0.316. The van der Waals surface area contributed by atoms with Gasteiger partial charge in [-0.25, -0.2) is 9.18 Å². The van der Waals surface area contributed by atoms with E-state index < -0.39 is 24.1 Å². The van der Waals surface area contributed by atoms with Crippen LogP contribution in [0.1, 0.15) is 37.9 Å². The van der Waals surface area contributed by atoms with Gasteiger partial charge in [0.1, 0.15) is 17.9 Å². The normalized spacial score (nSPS) is 18.3. The summed E-state index contributed by atoms with van der Waals surface area (Å²) in [4.78, 5) is 44.2. The lowest BCUT2D eigenvalue weighted by Gasteiger charge is -2.35. The zero-order chi connectivity index (χ0) is 21.3. The number of hydrogen-bond acceptors (Lipinski definition) is 7. The fourth-order valence-electron chi connectivity index (χ4n) is 4.01. The van der Waals surface area contributed by atoms with Crippen molar-refractivity contribution in [1.82, 2.24) is 19.9 Å². The number of carbonyl (C=O) groups is 3. The number of rotatable bonds is 5. The minimum Gasteiger partial charge on any atom is -0.456 e. The molecule has 10 heteroatoms. The second kappa shape index (κ2) is 7.85. The smallest absolute Gasteiger partial charge is 0.327 e. The van der Waals surface area contributed by atoms with Crippen LogP contribution in [0.5, 0.6) is 0 Å². The Balaban J connectivity index is 1.36. The van der Waals surface area contributed by atoms with Crippen molar-refractivity contribution in [3.63, 3.8) is 0 Å². The average molecular weight is 416 g/mol. The molecule has 1 aliphatic carbocycles. The van der Waals surface area contributed by atoms with Gasteiger partial charge in [-0.3, -0.25) is 14.5 Å². The van der Waals surface area contributed by atoms with Crippen molar-refractivity contribution in [2.45, 2.75) is 44.2 Å². The molecule has 1 saturated heterocycles. The first kappa shape index (κ1) is 20.0. The molecule has 0 atom stereocenters. The van der Waals surface area contributed by atoms with Crippen LogP contribution in [0.4, 0.5) is 9.18 Å². The standard InChI is InChI=1S/C20H21FN4O5/c1-24-19(28)25(18(27)20(24)9-3-2-4-10-20)11-16(26)29-12-15-22-17(30-23-15)13-5-7-14(21)8-6-13/h5-8H,2-4,9-12H2,1H3. The topological polar surface area (TPSA) is 106 Å². The van der Waals surface area contributed by atoms with Crippen LogP contribution in [0, 0.1) is 5.82 Å². The Kier molecular flexibility index (Phi) is 5.23. The molecule has 2 aromatic rings. The Morgan fingerprint density at radius 2 is 1.90 bits per heavy atom. The van der Waals surface area contributed by atoms with Gasteiger partial charge in [0.25, 0.3) is 11.8 Å². The molecular formula is C20H21FN4O5. The van der Waals surface area contributed by atoms with E-state index in [-0.39, 0.29) is 30.0 Å². The minimum absolute atomic E-state index is 0.114. The highest BCUT2D eigenvalue weighted by molar-refractivity contribution is 6.08. The molecular weight excluding hydrogens is 395 g/mol. The second-order valence-electron chi connectivity index (χ2n) is 7.51. The first-order valence-corrected chi connectivity index (χ1v) is 9.75. The molecule has 30 heavy (non-hydrogen) atoms. The maximum absolute atomic E-state index is 13.0. The summed E-state index contributed by atoms with van der Waals surface area (Å²) in [7, 11) is 1.60. The Bertz CT molecular complexity index is 968. The van der Waals surface area contributed by atoms with Crippen molar-refractivity contribution in [3.8, 4) is 11.5 Å². The molecule has 4 rings (SSSR count). The number of ether oxygens (including phenoxy) is 1. The second-order valence-corrected chi connectivity index (χ2v) is 7.51. The number of benzene rings is 1. The van der Waals surface area contributed by atoms with Gasteiger partial charge in [0.2, 0.25) is 5.82 Å². The van der Waals surface area contributed by atoms with Crippen LogP contribution in [0.2, 0.25) is 0 Å². The molecule has 2 heterocycles. The fraction of sp³-hybridized carbons (Fsp3) is 0.450. The van der Waals surface area contributed by atoms with E-state index in [1.807, 2.05) is 0 Å². The lowest BCUT2D eigenvalue weighted by Crippen LogP contribution is -2.49. The van der Waals surface area contributed by atoms with Crippen LogP contribution >= 0.6 is 0 Å². The van der Waals surface area contributed by atoms with Gasteiger partial charge in [-0.15, -0.1) is 0 Å². The van der Waals surface area contributed by atoms with Crippen molar-refractivity contribution < 1.29 is 28.0 Å². The highest BCUT2D eigenvalue weighted by Crippen LogP contribution is 2.39. The average Bonchev–Trinajstić information content (AvgIpc) is 3.29. The van der Waals surface area contributed by atoms with Crippen LogP contribution in [-0.4, -0.2) is 57.0 Å². The Morgan fingerprint density at radius 1 is 1.20 bits per heavy atom. The van der Waals surface area contributed by atoms with Crippen molar-refractivity contribution >= 4 is 17.9 Å². The third-order valence-corrected chi connectivity index (χ3v) is 5.69. The highest BCUT2D eigenvalue weighted by Gasteiger charge is 2.55.